The van der Waals surface area contributed by atoms with Gasteiger partial charge in [-0.3, -0.25) is 20.2 Å². The first kappa shape index (κ1) is 6.90. The molecule has 0 spiro atoms. The van der Waals surface area contributed by atoms with E-state index in [4.69, 9.17) is 5.73 Å². The van der Waals surface area contributed by atoms with Crippen molar-refractivity contribution in [2.45, 2.75) is 0 Å². The van der Waals surface area contributed by atoms with Crippen LogP contribution < -0.4 is 11.2 Å². The maximum absolute atomic E-state index is 10.7. The Morgan fingerprint density at radius 1 is 1.75 bits per heavy atom. The normalized spacial score (nSPS) is 19.5. The third-order valence-corrected chi connectivity index (χ3v) is 1.70. The lowest BCUT2D eigenvalue weighted by Gasteiger charge is -2.20. The Bertz CT molecular complexity index is 315. The van der Waals surface area contributed by atoms with Crippen LogP contribution in [0.4, 0.5) is 0 Å². The molecule has 12 heavy (non-hydrogen) atoms. The number of fused-ring (bicyclic) bond motifs is 1. The largest absolute Gasteiger partial charge is 0.364 e. The summed E-state index contributed by atoms with van der Waals surface area (Å²) in [4.78, 5) is 14.7. The Labute approximate surface area is 69.2 Å². The quantitative estimate of drug-likeness (QED) is 0.527. The maximum atomic E-state index is 10.7. The van der Waals surface area contributed by atoms with Gasteiger partial charge in [-0.25, -0.2) is 0 Å². The van der Waals surface area contributed by atoms with Crippen molar-refractivity contribution in [2.75, 3.05) is 6.54 Å². The summed E-state index contributed by atoms with van der Waals surface area (Å²) in [6, 6.07) is 0. The summed E-state index contributed by atoms with van der Waals surface area (Å²) in [5, 5.41) is 1.80. The summed E-state index contributed by atoms with van der Waals surface area (Å²) in [5.74, 6) is -0.453. The Balaban J connectivity index is 2.27. The molecule has 0 saturated carbocycles. The Morgan fingerprint density at radius 2 is 2.58 bits per heavy atom. The van der Waals surface area contributed by atoms with Crippen LogP contribution in [0.15, 0.2) is 28.7 Å². The summed E-state index contributed by atoms with van der Waals surface area (Å²) >= 11 is 0. The number of rotatable bonds is 1. The molecule has 0 fully saturated rings. The summed E-state index contributed by atoms with van der Waals surface area (Å²) in [6.07, 6.45) is 5.10. The van der Waals surface area contributed by atoms with Crippen molar-refractivity contribution < 1.29 is 4.79 Å². The van der Waals surface area contributed by atoms with E-state index in [1.165, 1.54) is 0 Å². The lowest BCUT2D eigenvalue weighted by molar-refractivity contribution is -0.115. The first-order valence-electron chi connectivity index (χ1n) is 3.55. The molecule has 0 saturated heterocycles. The van der Waals surface area contributed by atoms with Crippen molar-refractivity contribution in [3.05, 3.63) is 23.7 Å². The third-order valence-electron chi connectivity index (χ3n) is 1.70. The molecular formula is C7H8N4O. The van der Waals surface area contributed by atoms with Crippen molar-refractivity contribution in [1.29, 1.82) is 0 Å². The highest BCUT2D eigenvalue weighted by Crippen LogP contribution is 2.15. The van der Waals surface area contributed by atoms with Gasteiger partial charge in [-0.2, -0.15) is 0 Å². The van der Waals surface area contributed by atoms with Crippen LogP contribution in [0.25, 0.3) is 0 Å². The van der Waals surface area contributed by atoms with Gasteiger partial charge in [0.25, 0.3) is 5.91 Å². The fourth-order valence-corrected chi connectivity index (χ4v) is 1.11. The van der Waals surface area contributed by atoms with Crippen LogP contribution in [0.3, 0.4) is 0 Å². The highest BCUT2D eigenvalue weighted by atomic mass is 16.1. The molecule has 5 nitrogen and oxygen atoms in total. The Hall–Kier alpha value is -1.78. The van der Waals surface area contributed by atoms with Gasteiger partial charge in [-0.15, -0.1) is 0 Å². The summed E-state index contributed by atoms with van der Waals surface area (Å²) in [5.41, 5.74) is 9.22. The van der Waals surface area contributed by atoms with E-state index in [9.17, 15) is 4.79 Å². The van der Waals surface area contributed by atoms with Gasteiger partial charge >= 0.3 is 0 Å². The van der Waals surface area contributed by atoms with Crippen molar-refractivity contribution in [1.82, 2.24) is 10.4 Å². The van der Waals surface area contributed by atoms with E-state index in [0.29, 0.717) is 12.2 Å². The minimum Gasteiger partial charge on any atom is -0.364 e. The number of hydrogen-bond acceptors (Lipinski definition) is 4. The number of primary amides is 1. The predicted octanol–water partition coefficient (Wildman–Crippen LogP) is -0.898. The number of amides is 1. The zero-order valence-electron chi connectivity index (χ0n) is 6.32. The minimum absolute atomic E-state index is 0.409. The van der Waals surface area contributed by atoms with Crippen LogP contribution >= 0.6 is 0 Å². The molecule has 5 heteroatoms. The lowest BCUT2D eigenvalue weighted by atomic mass is 10.3. The molecule has 0 bridgehead atoms. The number of nitrogens with one attached hydrogen (secondary N) is 1. The highest BCUT2D eigenvalue weighted by Gasteiger charge is 2.20. The van der Waals surface area contributed by atoms with E-state index in [2.05, 4.69) is 10.4 Å². The molecule has 0 unspecified atom stereocenters. The number of nitrogens with zero attached hydrogens (tertiary/aromatic N) is 2. The fraction of sp³-hybridized carbons (Fsp3) is 0.143. The zero-order chi connectivity index (χ0) is 8.55. The van der Waals surface area contributed by atoms with Crippen LogP contribution in [0.5, 0.6) is 0 Å². The van der Waals surface area contributed by atoms with E-state index in [1.807, 2.05) is 0 Å². The predicted molar refractivity (Wildman–Crippen MR) is 43.7 cm³/mol. The lowest BCUT2D eigenvalue weighted by Crippen LogP contribution is -2.36. The number of allylic oxidation sites excluding steroid dienone is 1. The minimum atomic E-state index is -0.453. The van der Waals surface area contributed by atoms with Crippen LogP contribution in [0.1, 0.15) is 0 Å². The highest BCUT2D eigenvalue weighted by molar-refractivity contribution is 5.92. The van der Waals surface area contributed by atoms with Gasteiger partial charge in [0, 0.05) is 6.21 Å². The number of nitrogens with two attached hydrogens (primary N) is 1. The van der Waals surface area contributed by atoms with Gasteiger partial charge in [0.05, 0.1) is 18.4 Å². The summed E-state index contributed by atoms with van der Waals surface area (Å²) in [6.45, 7) is 0.652. The van der Waals surface area contributed by atoms with E-state index >= 15 is 0 Å². The second-order valence-corrected chi connectivity index (χ2v) is 2.53. The first-order valence-corrected chi connectivity index (χ1v) is 3.55. The molecular weight excluding hydrogens is 156 g/mol. The van der Waals surface area contributed by atoms with Gasteiger partial charge in [-0.1, -0.05) is 0 Å². The van der Waals surface area contributed by atoms with E-state index in [-0.39, 0.29) is 0 Å². The molecule has 62 valence electrons. The van der Waals surface area contributed by atoms with Crippen LogP contribution in [0, 0.1) is 0 Å². The molecule has 2 aliphatic rings. The van der Waals surface area contributed by atoms with E-state index in [1.54, 1.807) is 23.5 Å². The van der Waals surface area contributed by atoms with Crippen molar-refractivity contribution in [2.24, 2.45) is 10.7 Å². The second-order valence-electron chi connectivity index (χ2n) is 2.53. The molecule has 0 radical (unpaired) electrons. The molecule has 2 aliphatic heterocycles. The molecule has 2 heterocycles. The summed E-state index contributed by atoms with van der Waals surface area (Å²) < 4.78 is 0. The van der Waals surface area contributed by atoms with Crippen LogP contribution in [-0.2, 0) is 4.79 Å². The van der Waals surface area contributed by atoms with Gasteiger partial charge in [0.15, 0.2) is 0 Å². The Morgan fingerprint density at radius 3 is 3.25 bits per heavy atom. The van der Waals surface area contributed by atoms with Crippen molar-refractivity contribution in [3.63, 3.8) is 0 Å². The number of carbonyl (C=O) groups is 1. The SMILES string of the molecule is NC(=O)C1=CC2=CN=CCN2N1. The molecule has 3 N–H and O–H groups in total. The standard InChI is InChI=1S/C7H8N4O/c8-7(12)6-3-5-4-9-1-2-11(5)10-6/h1,3-4,10H,2H2,(H2,8,12). The molecule has 0 aromatic carbocycles. The number of hydrogen-bond donors (Lipinski definition) is 2. The average Bonchev–Trinajstić information content (AvgIpc) is 2.46. The molecule has 0 aromatic heterocycles. The average molecular weight is 164 g/mol. The van der Waals surface area contributed by atoms with Crippen LogP contribution in [-0.4, -0.2) is 23.7 Å². The fourth-order valence-electron chi connectivity index (χ4n) is 1.11. The number of carbonyl (C=O) groups excluding carboxylic acids is 1. The van der Waals surface area contributed by atoms with Gasteiger partial charge in [-0.05, 0) is 6.08 Å². The third kappa shape index (κ3) is 0.952. The van der Waals surface area contributed by atoms with Crippen LogP contribution in [0.2, 0.25) is 0 Å². The number of hydrazine groups is 1. The van der Waals surface area contributed by atoms with Gasteiger partial charge < -0.3 is 5.73 Å². The van der Waals surface area contributed by atoms with E-state index in [0.717, 1.165) is 5.70 Å². The second kappa shape index (κ2) is 2.37. The summed E-state index contributed by atoms with van der Waals surface area (Å²) in [7, 11) is 0. The molecule has 2 rings (SSSR count). The van der Waals surface area contributed by atoms with Crippen molar-refractivity contribution >= 4 is 12.1 Å². The topological polar surface area (TPSA) is 70.7 Å². The molecule has 0 aliphatic carbocycles. The zero-order valence-corrected chi connectivity index (χ0v) is 6.32. The van der Waals surface area contributed by atoms with Gasteiger partial charge in [0.2, 0.25) is 0 Å². The Kier molecular flexibility index (Phi) is 1.36. The van der Waals surface area contributed by atoms with Crippen molar-refractivity contribution in [3.8, 4) is 0 Å². The van der Waals surface area contributed by atoms with Gasteiger partial charge in [0.1, 0.15) is 5.70 Å². The molecule has 0 aromatic rings. The maximum Gasteiger partial charge on any atom is 0.266 e. The first-order chi connectivity index (χ1) is 5.77. The number of aliphatic imine (C=N–C) groups is 1. The molecule has 1 amide bonds. The van der Waals surface area contributed by atoms with E-state index < -0.39 is 5.91 Å². The smallest absolute Gasteiger partial charge is 0.266 e. The molecule has 0 atom stereocenters. The monoisotopic (exact) mass is 164 g/mol.